The lowest BCUT2D eigenvalue weighted by atomic mass is 10.1. The third-order valence-electron chi connectivity index (χ3n) is 2.69. The number of nitrogens with two attached hydrogens (primary N) is 1. The van der Waals surface area contributed by atoms with Crippen LogP contribution < -0.4 is 11.1 Å². The van der Waals surface area contributed by atoms with E-state index in [1.165, 1.54) is 0 Å². The maximum absolute atomic E-state index is 11.8. The van der Waals surface area contributed by atoms with E-state index < -0.39 is 0 Å². The van der Waals surface area contributed by atoms with Gasteiger partial charge in [0.25, 0.3) is 5.91 Å². The molecule has 0 aliphatic carbocycles. The average molecular weight is 252 g/mol. The molecule has 4 heteroatoms. The summed E-state index contributed by atoms with van der Waals surface area (Å²) < 4.78 is 0. The van der Waals surface area contributed by atoms with E-state index in [0.29, 0.717) is 23.0 Å². The van der Waals surface area contributed by atoms with Crippen molar-refractivity contribution in [3.63, 3.8) is 0 Å². The van der Waals surface area contributed by atoms with Gasteiger partial charge in [-0.2, -0.15) is 11.8 Å². The first-order valence-corrected chi connectivity index (χ1v) is 7.00. The Morgan fingerprint density at radius 1 is 1.53 bits per heavy atom. The monoisotopic (exact) mass is 252 g/mol. The van der Waals surface area contributed by atoms with Crippen molar-refractivity contribution in [3.8, 4) is 0 Å². The van der Waals surface area contributed by atoms with E-state index >= 15 is 0 Å². The fourth-order valence-corrected chi connectivity index (χ4v) is 1.84. The van der Waals surface area contributed by atoms with Gasteiger partial charge in [0.05, 0.1) is 5.56 Å². The molecule has 1 atom stereocenters. The summed E-state index contributed by atoms with van der Waals surface area (Å²) in [7, 11) is 0. The lowest BCUT2D eigenvalue weighted by molar-refractivity contribution is 0.0954. The van der Waals surface area contributed by atoms with E-state index in [-0.39, 0.29) is 5.91 Å². The first-order valence-electron chi connectivity index (χ1n) is 5.71. The van der Waals surface area contributed by atoms with Crippen molar-refractivity contribution in [2.45, 2.75) is 25.5 Å². The summed E-state index contributed by atoms with van der Waals surface area (Å²) >= 11 is 1.80. The summed E-state index contributed by atoms with van der Waals surface area (Å²) in [5.74, 6) is -0.0872. The molecule has 1 unspecified atom stereocenters. The second kappa shape index (κ2) is 6.55. The topological polar surface area (TPSA) is 55.1 Å². The van der Waals surface area contributed by atoms with Crippen LogP contribution >= 0.6 is 11.8 Å². The Labute approximate surface area is 107 Å². The summed E-state index contributed by atoms with van der Waals surface area (Å²) in [6, 6.07) is 5.49. The summed E-state index contributed by atoms with van der Waals surface area (Å²) in [4.78, 5) is 11.8. The van der Waals surface area contributed by atoms with Gasteiger partial charge in [-0.3, -0.25) is 4.79 Å². The minimum Gasteiger partial charge on any atom is -0.398 e. The van der Waals surface area contributed by atoms with E-state index in [4.69, 9.17) is 5.73 Å². The highest BCUT2D eigenvalue weighted by atomic mass is 32.2. The van der Waals surface area contributed by atoms with Crippen LogP contribution in [-0.4, -0.2) is 24.0 Å². The lowest BCUT2D eigenvalue weighted by Crippen LogP contribution is -2.26. The second-order valence-electron chi connectivity index (χ2n) is 4.18. The van der Waals surface area contributed by atoms with Gasteiger partial charge in [-0.15, -0.1) is 0 Å². The predicted octanol–water partition coefficient (Wildman–Crippen LogP) is 2.45. The van der Waals surface area contributed by atoms with Crippen LogP contribution in [0.15, 0.2) is 18.2 Å². The molecule has 0 aromatic heterocycles. The Kier molecular flexibility index (Phi) is 5.35. The highest BCUT2D eigenvalue weighted by molar-refractivity contribution is 7.99. The first kappa shape index (κ1) is 13.9. The van der Waals surface area contributed by atoms with Gasteiger partial charge in [0.1, 0.15) is 0 Å². The molecule has 0 bridgehead atoms. The Morgan fingerprint density at radius 2 is 2.24 bits per heavy atom. The zero-order chi connectivity index (χ0) is 12.8. The molecule has 0 aliphatic heterocycles. The van der Waals surface area contributed by atoms with E-state index in [1.807, 2.05) is 19.1 Å². The molecular formula is C13H20N2OS. The molecule has 0 saturated heterocycles. The van der Waals surface area contributed by atoms with Crippen molar-refractivity contribution >= 4 is 23.4 Å². The number of hydrogen-bond donors (Lipinski definition) is 2. The molecular weight excluding hydrogens is 232 g/mol. The van der Waals surface area contributed by atoms with Crippen LogP contribution in [0.2, 0.25) is 0 Å². The third kappa shape index (κ3) is 4.30. The molecule has 0 radical (unpaired) electrons. The summed E-state index contributed by atoms with van der Waals surface area (Å²) in [6.07, 6.45) is 3.04. The molecule has 1 aromatic carbocycles. The molecule has 0 saturated carbocycles. The summed E-state index contributed by atoms with van der Waals surface area (Å²) in [5, 5.41) is 3.45. The number of hydrogen-bond acceptors (Lipinski definition) is 3. The van der Waals surface area contributed by atoms with Gasteiger partial charge >= 0.3 is 0 Å². The average Bonchev–Trinajstić information content (AvgIpc) is 2.28. The van der Waals surface area contributed by atoms with Crippen LogP contribution in [-0.2, 0) is 0 Å². The van der Waals surface area contributed by atoms with Gasteiger partial charge in [0, 0.05) is 17.5 Å². The largest absolute Gasteiger partial charge is 0.398 e. The van der Waals surface area contributed by atoms with Gasteiger partial charge in [-0.25, -0.2) is 0 Å². The van der Waals surface area contributed by atoms with Crippen LogP contribution in [0.4, 0.5) is 5.69 Å². The van der Waals surface area contributed by atoms with Crippen LogP contribution in [0.25, 0.3) is 0 Å². The zero-order valence-electron chi connectivity index (χ0n) is 10.6. The van der Waals surface area contributed by atoms with Gasteiger partial charge in [0.2, 0.25) is 0 Å². The molecule has 0 aliphatic rings. The number of carbonyl (C=O) groups excluding carboxylic acids is 1. The number of amides is 1. The van der Waals surface area contributed by atoms with Crippen LogP contribution in [0.5, 0.6) is 0 Å². The summed E-state index contributed by atoms with van der Waals surface area (Å²) in [5.41, 5.74) is 7.98. The SMILES string of the molecule is CSC(C)CCNC(=O)c1ccc(C)cc1N. The zero-order valence-corrected chi connectivity index (χ0v) is 11.4. The smallest absolute Gasteiger partial charge is 0.253 e. The van der Waals surface area contributed by atoms with Crippen molar-refractivity contribution in [3.05, 3.63) is 29.3 Å². The normalized spacial score (nSPS) is 12.2. The number of thioether (sulfide) groups is 1. The highest BCUT2D eigenvalue weighted by Gasteiger charge is 2.09. The minimum absolute atomic E-state index is 0.0872. The fourth-order valence-electron chi connectivity index (χ4n) is 1.49. The predicted molar refractivity (Wildman–Crippen MR) is 75.5 cm³/mol. The number of benzene rings is 1. The van der Waals surface area contributed by atoms with Crippen molar-refractivity contribution < 1.29 is 4.79 Å². The number of rotatable bonds is 5. The number of anilines is 1. The lowest BCUT2D eigenvalue weighted by Gasteiger charge is -2.10. The molecule has 3 N–H and O–H groups in total. The van der Waals surface area contributed by atoms with Gasteiger partial charge in [-0.05, 0) is 37.3 Å². The Bertz CT molecular complexity index is 393. The van der Waals surface area contributed by atoms with Crippen molar-refractivity contribution in [1.29, 1.82) is 0 Å². The van der Waals surface area contributed by atoms with Gasteiger partial charge in [0.15, 0.2) is 0 Å². The van der Waals surface area contributed by atoms with E-state index in [2.05, 4.69) is 18.5 Å². The third-order valence-corrected chi connectivity index (χ3v) is 3.73. The van der Waals surface area contributed by atoms with Crippen molar-refractivity contribution in [2.75, 3.05) is 18.5 Å². The Balaban J connectivity index is 2.52. The molecule has 1 amide bonds. The second-order valence-corrected chi connectivity index (χ2v) is 5.46. The number of aryl methyl sites for hydroxylation is 1. The first-order chi connectivity index (χ1) is 8.04. The van der Waals surface area contributed by atoms with Crippen LogP contribution in [0, 0.1) is 6.92 Å². The summed E-state index contributed by atoms with van der Waals surface area (Å²) in [6.45, 7) is 4.80. The highest BCUT2D eigenvalue weighted by Crippen LogP contribution is 2.14. The maximum Gasteiger partial charge on any atom is 0.253 e. The van der Waals surface area contributed by atoms with Gasteiger partial charge < -0.3 is 11.1 Å². The number of nitrogen functional groups attached to an aromatic ring is 1. The van der Waals surface area contributed by atoms with E-state index in [0.717, 1.165) is 12.0 Å². The quantitative estimate of drug-likeness (QED) is 0.791. The minimum atomic E-state index is -0.0872. The van der Waals surface area contributed by atoms with E-state index in [9.17, 15) is 4.79 Å². The van der Waals surface area contributed by atoms with E-state index in [1.54, 1.807) is 17.8 Å². The molecule has 17 heavy (non-hydrogen) atoms. The molecule has 1 aromatic rings. The van der Waals surface area contributed by atoms with Gasteiger partial charge in [-0.1, -0.05) is 13.0 Å². The molecule has 0 fully saturated rings. The molecule has 3 nitrogen and oxygen atoms in total. The molecule has 1 rings (SSSR count). The maximum atomic E-state index is 11.8. The van der Waals surface area contributed by atoms with Crippen LogP contribution in [0.1, 0.15) is 29.3 Å². The van der Waals surface area contributed by atoms with Crippen molar-refractivity contribution in [1.82, 2.24) is 5.32 Å². The Hall–Kier alpha value is -1.16. The molecule has 0 spiro atoms. The fraction of sp³-hybridized carbons (Fsp3) is 0.462. The molecule has 94 valence electrons. The Morgan fingerprint density at radius 3 is 2.82 bits per heavy atom. The van der Waals surface area contributed by atoms with Crippen molar-refractivity contribution in [2.24, 2.45) is 0 Å². The number of nitrogens with one attached hydrogen (secondary N) is 1. The van der Waals surface area contributed by atoms with Crippen LogP contribution in [0.3, 0.4) is 0 Å². The molecule has 0 heterocycles. The standard InChI is InChI=1S/C13H20N2OS/c1-9-4-5-11(12(14)8-9)13(16)15-7-6-10(2)17-3/h4-5,8,10H,6-7,14H2,1-3H3,(H,15,16). The number of carbonyl (C=O) groups is 1.